The van der Waals surface area contributed by atoms with E-state index in [4.69, 9.17) is 4.42 Å². The molecule has 0 saturated carbocycles. The molecule has 2 heterocycles. The molecule has 170 valence electrons. The highest BCUT2D eigenvalue weighted by Crippen LogP contribution is 2.29. The van der Waals surface area contributed by atoms with Crippen molar-refractivity contribution in [2.24, 2.45) is 5.92 Å². The molecule has 2 aromatic heterocycles. The minimum absolute atomic E-state index is 0.0775. The molecule has 0 radical (unpaired) electrons. The second kappa shape index (κ2) is 10.1. The molecule has 2 amide bonds. The van der Waals surface area contributed by atoms with Gasteiger partial charge in [-0.15, -0.1) is 5.10 Å². The molecule has 0 bridgehead atoms. The Kier molecular flexibility index (Phi) is 6.83. The van der Waals surface area contributed by atoms with Gasteiger partial charge in [-0.1, -0.05) is 49.4 Å². The van der Waals surface area contributed by atoms with E-state index in [0.717, 1.165) is 11.9 Å². The van der Waals surface area contributed by atoms with Crippen molar-refractivity contribution in [3.8, 4) is 0 Å². The molecule has 0 fully saturated rings. The van der Waals surface area contributed by atoms with Gasteiger partial charge in [0.1, 0.15) is 17.8 Å². The summed E-state index contributed by atoms with van der Waals surface area (Å²) in [6, 6.07) is 19.0. The Bertz CT molecular complexity index is 1200. The molecule has 33 heavy (non-hydrogen) atoms. The standard InChI is InChI=1S/C25H27N5O3/c1-18(2)14-15-26-25(32)24(22-13-8-16-33-22)30(19-9-4-3-5-10-19)23(31)17-29-21-12-7-6-11-20(21)27-28-29/h3-13,16,18,24H,14-15,17H2,1-2H3,(H,26,32)/t24-/m1/s1. The summed E-state index contributed by atoms with van der Waals surface area (Å²) in [5.41, 5.74) is 2.03. The van der Waals surface area contributed by atoms with E-state index in [1.165, 1.54) is 11.2 Å². The lowest BCUT2D eigenvalue weighted by molar-refractivity contribution is -0.127. The second-order valence-corrected chi connectivity index (χ2v) is 8.23. The molecule has 8 nitrogen and oxygen atoms in total. The minimum atomic E-state index is -0.961. The molecule has 1 N–H and O–H groups in total. The molecule has 8 heteroatoms. The summed E-state index contributed by atoms with van der Waals surface area (Å²) in [6.45, 7) is 4.63. The first-order valence-corrected chi connectivity index (χ1v) is 11.0. The topological polar surface area (TPSA) is 93.3 Å². The van der Waals surface area contributed by atoms with Gasteiger partial charge in [-0.2, -0.15) is 0 Å². The average Bonchev–Trinajstić information content (AvgIpc) is 3.48. The fraction of sp³-hybridized carbons (Fsp3) is 0.280. The van der Waals surface area contributed by atoms with Crippen molar-refractivity contribution in [2.45, 2.75) is 32.9 Å². The van der Waals surface area contributed by atoms with Gasteiger partial charge in [0, 0.05) is 12.2 Å². The van der Waals surface area contributed by atoms with Crippen molar-refractivity contribution in [1.29, 1.82) is 0 Å². The zero-order valence-electron chi connectivity index (χ0n) is 18.7. The Morgan fingerprint density at radius 3 is 2.52 bits per heavy atom. The van der Waals surface area contributed by atoms with Crippen LogP contribution in [0.4, 0.5) is 5.69 Å². The predicted octanol–water partition coefficient (Wildman–Crippen LogP) is 3.96. The largest absolute Gasteiger partial charge is 0.467 e. The Morgan fingerprint density at radius 2 is 1.79 bits per heavy atom. The van der Waals surface area contributed by atoms with E-state index in [9.17, 15) is 9.59 Å². The van der Waals surface area contributed by atoms with Gasteiger partial charge in [0.15, 0.2) is 6.04 Å². The van der Waals surface area contributed by atoms with Gasteiger partial charge in [0.2, 0.25) is 5.91 Å². The first-order chi connectivity index (χ1) is 16.0. The normalized spacial score (nSPS) is 12.1. The lowest BCUT2D eigenvalue weighted by atomic mass is 10.1. The Hall–Kier alpha value is -3.94. The zero-order chi connectivity index (χ0) is 23.2. The number of nitrogens with one attached hydrogen (secondary N) is 1. The molecule has 0 unspecified atom stereocenters. The van der Waals surface area contributed by atoms with Crippen LogP contribution in [0, 0.1) is 5.92 Å². The van der Waals surface area contributed by atoms with E-state index in [1.54, 1.807) is 28.9 Å². The van der Waals surface area contributed by atoms with Crippen molar-refractivity contribution < 1.29 is 14.0 Å². The first kappa shape index (κ1) is 22.3. The van der Waals surface area contributed by atoms with Gasteiger partial charge in [-0.3, -0.25) is 14.5 Å². The molecule has 0 aliphatic rings. The number of aromatic nitrogens is 3. The fourth-order valence-electron chi connectivity index (χ4n) is 3.67. The summed E-state index contributed by atoms with van der Waals surface area (Å²) in [7, 11) is 0. The molecule has 1 atom stereocenters. The van der Waals surface area contributed by atoms with Crippen molar-refractivity contribution in [3.05, 3.63) is 78.8 Å². The van der Waals surface area contributed by atoms with Gasteiger partial charge >= 0.3 is 0 Å². The van der Waals surface area contributed by atoms with Crippen LogP contribution in [0.15, 0.2) is 77.4 Å². The quantitative estimate of drug-likeness (QED) is 0.421. The maximum atomic E-state index is 13.7. The molecule has 4 aromatic rings. The van der Waals surface area contributed by atoms with Crippen LogP contribution in [0.2, 0.25) is 0 Å². The third-order valence-electron chi connectivity index (χ3n) is 5.35. The number of fused-ring (bicyclic) bond motifs is 1. The molecule has 4 rings (SSSR count). The SMILES string of the molecule is CC(C)CCNC(=O)[C@@H](c1ccco1)N(C(=O)Cn1nnc2ccccc21)c1ccccc1. The summed E-state index contributed by atoms with van der Waals surface area (Å²) in [5.74, 6) is 0.223. The number of para-hydroxylation sites is 2. The van der Waals surface area contributed by atoms with Crippen LogP contribution in [0.25, 0.3) is 11.0 Å². The molecule has 0 aliphatic heterocycles. The molecule has 0 saturated heterocycles. The second-order valence-electron chi connectivity index (χ2n) is 8.23. The molecule has 0 spiro atoms. The van der Waals surface area contributed by atoms with Crippen LogP contribution in [0.1, 0.15) is 32.1 Å². The highest BCUT2D eigenvalue weighted by molar-refractivity contribution is 6.01. The molecule has 2 aromatic carbocycles. The number of rotatable bonds is 9. The lowest BCUT2D eigenvalue weighted by Gasteiger charge is -2.30. The van der Waals surface area contributed by atoms with Crippen molar-refractivity contribution >= 4 is 28.5 Å². The van der Waals surface area contributed by atoms with Crippen LogP contribution in [-0.2, 0) is 16.1 Å². The van der Waals surface area contributed by atoms with Crippen LogP contribution < -0.4 is 10.2 Å². The van der Waals surface area contributed by atoms with Crippen LogP contribution in [-0.4, -0.2) is 33.4 Å². The predicted molar refractivity (Wildman–Crippen MR) is 125 cm³/mol. The van der Waals surface area contributed by atoms with Gasteiger partial charge in [0.25, 0.3) is 5.91 Å². The molecular weight excluding hydrogens is 418 g/mol. The van der Waals surface area contributed by atoms with E-state index in [-0.39, 0.29) is 18.4 Å². The van der Waals surface area contributed by atoms with E-state index < -0.39 is 6.04 Å². The number of benzene rings is 2. The highest BCUT2D eigenvalue weighted by atomic mass is 16.3. The Balaban J connectivity index is 1.69. The minimum Gasteiger partial charge on any atom is -0.467 e. The fourth-order valence-corrected chi connectivity index (χ4v) is 3.67. The summed E-state index contributed by atoms with van der Waals surface area (Å²) in [5, 5.41) is 11.2. The van der Waals surface area contributed by atoms with Crippen molar-refractivity contribution in [2.75, 3.05) is 11.4 Å². The van der Waals surface area contributed by atoms with Gasteiger partial charge in [0.05, 0.1) is 11.8 Å². The number of carbonyl (C=O) groups is 2. The Labute approximate surface area is 192 Å². The van der Waals surface area contributed by atoms with Crippen LogP contribution >= 0.6 is 0 Å². The first-order valence-electron chi connectivity index (χ1n) is 11.0. The maximum Gasteiger partial charge on any atom is 0.251 e. The number of anilines is 1. The molecule has 0 aliphatic carbocycles. The number of hydrogen-bond donors (Lipinski definition) is 1. The van der Waals surface area contributed by atoms with Gasteiger partial charge in [-0.05, 0) is 48.7 Å². The number of furan rings is 1. The smallest absolute Gasteiger partial charge is 0.251 e. The molecular formula is C25H27N5O3. The maximum absolute atomic E-state index is 13.7. The monoisotopic (exact) mass is 445 g/mol. The number of carbonyl (C=O) groups excluding carboxylic acids is 2. The van der Waals surface area contributed by atoms with Crippen molar-refractivity contribution in [1.82, 2.24) is 20.3 Å². The summed E-state index contributed by atoms with van der Waals surface area (Å²) in [6.07, 6.45) is 2.34. The van der Waals surface area contributed by atoms with Crippen molar-refractivity contribution in [3.63, 3.8) is 0 Å². The lowest BCUT2D eigenvalue weighted by Crippen LogP contribution is -2.45. The third kappa shape index (κ3) is 5.11. The zero-order valence-corrected chi connectivity index (χ0v) is 18.7. The summed E-state index contributed by atoms with van der Waals surface area (Å²) in [4.78, 5) is 28.5. The van der Waals surface area contributed by atoms with Gasteiger partial charge < -0.3 is 9.73 Å². The number of nitrogens with zero attached hydrogens (tertiary/aromatic N) is 4. The van der Waals surface area contributed by atoms with E-state index >= 15 is 0 Å². The average molecular weight is 446 g/mol. The number of hydrogen-bond acceptors (Lipinski definition) is 5. The highest BCUT2D eigenvalue weighted by Gasteiger charge is 2.35. The third-order valence-corrected chi connectivity index (χ3v) is 5.35. The van der Waals surface area contributed by atoms with Crippen LogP contribution in [0.5, 0.6) is 0 Å². The Morgan fingerprint density at radius 1 is 1.03 bits per heavy atom. The van der Waals surface area contributed by atoms with E-state index in [2.05, 4.69) is 29.5 Å². The summed E-state index contributed by atoms with van der Waals surface area (Å²) >= 11 is 0. The summed E-state index contributed by atoms with van der Waals surface area (Å²) < 4.78 is 7.16. The number of amides is 2. The van der Waals surface area contributed by atoms with E-state index in [0.29, 0.717) is 29.4 Å². The van der Waals surface area contributed by atoms with E-state index in [1.807, 2.05) is 42.5 Å². The van der Waals surface area contributed by atoms with Gasteiger partial charge in [-0.25, -0.2) is 4.68 Å². The van der Waals surface area contributed by atoms with Crippen LogP contribution in [0.3, 0.4) is 0 Å².